The minimum Gasteiger partial charge on any atom is -0.300 e. The maximum absolute atomic E-state index is 11.4. The lowest BCUT2D eigenvalue weighted by Gasteiger charge is -2.44. The number of carbonyl (C=O) groups is 1. The Labute approximate surface area is 80.2 Å². The van der Waals surface area contributed by atoms with E-state index in [0.29, 0.717) is 11.2 Å². The first kappa shape index (κ1) is 8.98. The maximum atomic E-state index is 11.4. The summed E-state index contributed by atoms with van der Waals surface area (Å²) in [7, 11) is 0. The summed E-state index contributed by atoms with van der Waals surface area (Å²) in [6.45, 7) is 8.68. The monoisotopic (exact) mass is 178 g/mol. The van der Waals surface area contributed by atoms with Gasteiger partial charge >= 0.3 is 0 Å². The van der Waals surface area contributed by atoms with Gasteiger partial charge in [-0.1, -0.05) is 26.0 Å². The molecule has 1 nitrogen and oxygen atoms in total. The summed E-state index contributed by atoms with van der Waals surface area (Å²) < 4.78 is 0. The summed E-state index contributed by atoms with van der Waals surface area (Å²) in [5, 5.41) is 0. The number of Topliss-reactive ketones (excluding diaryl/α,β-unsaturated/α-hetero) is 1. The van der Waals surface area contributed by atoms with Crippen molar-refractivity contribution in [3.8, 4) is 0 Å². The first-order chi connectivity index (χ1) is 5.95. The summed E-state index contributed by atoms with van der Waals surface area (Å²) in [4.78, 5) is 11.4. The summed E-state index contributed by atoms with van der Waals surface area (Å²) in [6.07, 6.45) is 4.84. The van der Waals surface area contributed by atoms with E-state index in [9.17, 15) is 4.79 Å². The van der Waals surface area contributed by atoms with Gasteiger partial charge in [0.15, 0.2) is 0 Å². The second-order valence-corrected chi connectivity index (χ2v) is 5.44. The molecule has 0 N–H and O–H groups in total. The van der Waals surface area contributed by atoms with Crippen molar-refractivity contribution in [2.24, 2.45) is 10.8 Å². The van der Waals surface area contributed by atoms with Gasteiger partial charge in [-0.15, -0.1) is 0 Å². The van der Waals surface area contributed by atoms with Crippen molar-refractivity contribution < 1.29 is 4.79 Å². The molecule has 0 spiro atoms. The van der Waals surface area contributed by atoms with Gasteiger partial charge in [0.1, 0.15) is 5.78 Å². The van der Waals surface area contributed by atoms with Crippen LogP contribution in [0, 0.1) is 10.8 Å². The van der Waals surface area contributed by atoms with E-state index in [4.69, 9.17) is 0 Å². The fourth-order valence-electron chi connectivity index (χ4n) is 3.20. The molecule has 2 rings (SSSR count). The lowest BCUT2D eigenvalue weighted by molar-refractivity contribution is -0.127. The number of rotatable bonds is 0. The van der Waals surface area contributed by atoms with E-state index in [-0.39, 0.29) is 5.41 Å². The third-order valence-corrected chi connectivity index (χ3v) is 4.28. The number of fused-ring (bicyclic) bond motifs is 1. The van der Waals surface area contributed by atoms with Crippen LogP contribution in [0.5, 0.6) is 0 Å². The standard InChI is InChI=1S/C12H18O/c1-9-6-11(2)5-4-10(13)8-12(11,3)7-9/h1,4-8H2,2-3H3. The van der Waals surface area contributed by atoms with Crippen molar-refractivity contribution in [2.45, 2.75) is 46.0 Å². The van der Waals surface area contributed by atoms with Crippen LogP contribution < -0.4 is 0 Å². The fraction of sp³-hybridized carbons (Fsp3) is 0.750. The minimum atomic E-state index is 0.222. The Bertz CT molecular complexity index is 279. The quantitative estimate of drug-likeness (QED) is 0.521. The van der Waals surface area contributed by atoms with Gasteiger partial charge in [-0.3, -0.25) is 4.79 Å². The molecule has 0 saturated heterocycles. The zero-order valence-electron chi connectivity index (χ0n) is 8.65. The molecule has 0 aromatic heterocycles. The summed E-state index contributed by atoms with van der Waals surface area (Å²) in [5.74, 6) is 0.453. The molecular formula is C12H18O. The molecule has 2 atom stereocenters. The van der Waals surface area contributed by atoms with Gasteiger partial charge in [0.2, 0.25) is 0 Å². The third-order valence-electron chi connectivity index (χ3n) is 4.28. The second-order valence-electron chi connectivity index (χ2n) is 5.44. The van der Waals surface area contributed by atoms with Crippen molar-refractivity contribution in [3.05, 3.63) is 12.2 Å². The van der Waals surface area contributed by atoms with Crippen molar-refractivity contribution in [1.82, 2.24) is 0 Å². The molecule has 72 valence electrons. The van der Waals surface area contributed by atoms with Crippen LogP contribution in [0.4, 0.5) is 0 Å². The molecule has 0 bridgehead atoms. The molecule has 2 aliphatic carbocycles. The highest BCUT2D eigenvalue weighted by Gasteiger charge is 2.52. The van der Waals surface area contributed by atoms with E-state index in [2.05, 4.69) is 20.4 Å². The average molecular weight is 178 g/mol. The highest BCUT2D eigenvalue weighted by atomic mass is 16.1. The molecule has 0 aliphatic heterocycles. The topological polar surface area (TPSA) is 17.1 Å². The Balaban J connectivity index is 2.34. The smallest absolute Gasteiger partial charge is 0.133 e. The van der Waals surface area contributed by atoms with E-state index in [0.717, 1.165) is 32.1 Å². The zero-order valence-corrected chi connectivity index (χ0v) is 8.65. The van der Waals surface area contributed by atoms with Crippen LogP contribution in [-0.4, -0.2) is 5.78 Å². The summed E-state index contributed by atoms with van der Waals surface area (Å²) in [6, 6.07) is 0. The predicted octanol–water partition coefficient (Wildman–Crippen LogP) is 3.10. The Morgan fingerprint density at radius 2 is 1.77 bits per heavy atom. The van der Waals surface area contributed by atoms with Crippen LogP contribution in [-0.2, 0) is 4.79 Å². The van der Waals surface area contributed by atoms with Crippen molar-refractivity contribution in [1.29, 1.82) is 0 Å². The molecule has 2 unspecified atom stereocenters. The largest absolute Gasteiger partial charge is 0.300 e. The van der Waals surface area contributed by atoms with Gasteiger partial charge in [0.05, 0.1) is 0 Å². The lowest BCUT2D eigenvalue weighted by Crippen LogP contribution is -2.39. The molecule has 2 fully saturated rings. The van der Waals surface area contributed by atoms with Gasteiger partial charge in [-0.2, -0.15) is 0 Å². The van der Waals surface area contributed by atoms with Gasteiger partial charge in [0.25, 0.3) is 0 Å². The van der Waals surface area contributed by atoms with Crippen LogP contribution in [0.1, 0.15) is 46.0 Å². The number of allylic oxidation sites excluding steroid dienone is 1. The first-order valence-corrected chi connectivity index (χ1v) is 5.14. The number of hydrogen-bond donors (Lipinski definition) is 0. The molecule has 0 aromatic rings. The Kier molecular flexibility index (Phi) is 1.70. The molecular weight excluding hydrogens is 160 g/mol. The third kappa shape index (κ3) is 1.17. The van der Waals surface area contributed by atoms with Crippen molar-refractivity contribution in [3.63, 3.8) is 0 Å². The molecule has 2 aliphatic rings. The van der Waals surface area contributed by atoms with E-state index >= 15 is 0 Å². The van der Waals surface area contributed by atoms with Crippen LogP contribution >= 0.6 is 0 Å². The maximum Gasteiger partial charge on any atom is 0.133 e. The normalized spacial score (nSPS) is 45.1. The van der Waals surface area contributed by atoms with Gasteiger partial charge in [-0.25, -0.2) is 0 Å². The first-order valence-electron chi connectivity index (χ1n) is 5.14. The Hall–Kier alpha value is -0.590. The molecule has 1 heteroatoms. The van der Waals surface area contributed by atoms with Crippen molar-refractivity contribution >= 4 is 5.78 Å². The molecule has 13 heavy (non-hydrogen) atoms. The summed E-state index contributed by atoms with van der Waals surface area (Å²) >= 11 is 0. The van der Waals surface area contributed by atoms with E-state index in [1.807, 2.05) is 0 Å². The highest BCUT2D eigenvalue weighted by molar-refractivity contribution is 5.80. The van der Waals surface area contributed by atoms with Gasteiger partial charge in [0, 0.05) is 12.8 Å². The second kappa shape index (κ2) is 2.46. The average Bonchev–Trinajstić information content (AvgIpc) is 2.19. The van der Waals surface area contributed by atoms with Crippen LogP contribution in [0.2, 0.25) is 0 Å². The molecule has 2 saturated carbocycles. The van der Waals surface area contributed by atoms with Gasteiger partial charge in [-0.05, 0) is 30.1 Å². The summed E-state index contributed by atoms with van der Waals surface area (Å²) in [5.41, 5.74) is 1.93. The highest BCUT2D eigenvalue weighted by Crippen LogP contribution is 2.61. The van der Waals surface area contributed by atoms with E-state index in [1.54, 1.807) is 0 Å². The van der Waals surface area contributed by atoms with E-state index in [1.165, 1.54) is 5.57 Å². The fourth-order valence-corrected chi connectivity index (χ4v) is 3.20. The van der Waals surface area contributed by atoms with Gasteiger partial charge < -0.3 is 0 Å². The molecule has 0 amide bonds. The minimum absolute atomic E-state index is 0.222. The Morgan fingerprint density at radius 1 is 1.15 bits per heavy atom. The number of ketones is 1. The molecule has 0 heterocycles. The van der Waals surface area contributed by atoms with E-state index < -0.39 is 0 Å². The predicted molar refractivity (Wildman–Crippen MR) is 53.4 cm³/mol. The van der Waals surface area contributed by atoms with Crippen molar-refractivity contribution in [2.75, 3.05) is 0 Å². The van der Waals surface area contributed by atoms with Crippen LogP contribution in [0.3, 0.4) is 0 Å². The zero-order chi connectivity index (χ0) is 9.69. The number of hydrogen-bond acceptors (Lipinski definition) is 1. The number of carbonyl (C=O) groups excluding carboxylic acids is 1. The molecule has 0 radical (unpaired) electrons. The lowest BCUT2D eigenvalue weighted by atomic mass is 9.59. The van der Waals surface area contributed by atoms with Crippen LogP contribution in [0.15, 0.2) is 12.2 Å². The SMILES string of the molecule is C=C1CC2(C)CCC(=O)CC2(C)C1. The van der Waals surface area contributed by atoms with Crippen LogP contribution in [0.25, 0.3) is 0 Å². The molecule has 0 aromatic carbocycles. The Morgan fingerprint density at radius 3 is 2.46 bits per heavy atom.